The van der Waals surface area contributed by atoms with Gasteiger partial charge in [-0.2, -0.15) is 0 Å². The summed E-state index contributed by atoms with van der Waals surface area (Å²) in [6, 6.07) is 17.6. The Bertz CT molecular complexity index is 1020. The predicted molar refractivity (Wildman–Crippen MR) is 115 cm³/mol. The Balaban J connectivity index is 1.33. The number of carbonyl (C=O) groups excluding carboxylic acids is 1. The van der Waals surface area contributed by atoms with Crippen LogP contribution in [0.3, 0.4) is 0 Å². The van der Waals surface area contributed by atoms with Crippen molar-refractivity contribution in [3.8, 4) is 11.5 Å². The standard InChI is InChI=1S/C22H24N4O2S/c1-16-7-9-18(10-8-16)21-24-26(22(29)28-21)15-25-13-11-17(12-14-25)20(27)23-19-5-3-2-4-6-19/h2-10,17H,11-15H2,1H3,(H,23,27). The van der Waals surface area contributed by atoms with Gasteiger partial charge in [0, 0.05) is 30.3 Å². The second-order valence-corrected chi connectivity index (χ2v) is 7.78. The van der Waals surface area contributed by atoms with Crippen molar-refractivity contribution in [2.24, 2.45) is 5.92 Å². The van der Waals surface area contributed by atoms with Gasteiger partial charge in [0.2, 0.25) is 11.8 Å². The molecule has 0 spiro atoms. The number of nitrogens with one attached hydrogen (secondary N) is 1. The first kappa shape index (κ1) is 19.5. The number of hydrogen-bond acceptors (Lipinski definition) is 5. The number of hydrogen-bond donors (Lipinski definition) is 1. The summed E-state index contributed by atoms with van der Waals surface area (Å²) >= 11 is 5.35. The van der Waals surface area contributed by atoms with Crippen LogP contribution in [0, 0.1) is 17.7 Å². The molecular weight excluding hydrogens is 384 g/mol. The first-order chi connectivity index (χ1) is 14.1. The number of amides is 1. The number of nitrogens with zero attached hydrogens (tertiary/aromatic N) is 3. The number of carbonyl (C=O) groups is 1. The van der Waals surface area contributed by atoms with E-state index in [9.17, 15) is 4.79 Å². The SMILES string of the molecule is Cc1ccc(-c2nn(CN3CCC(C(=O)Nc4ccccc4)CC3)c(=S)o2)cc1. The molecule has 4 rings (SSSR count). The van der Waals surface area contributed by atoms with Crippen molar-refractivity contribution < 1.29 is 9.21 Å². The maximum Gasteiger partial charge on any atom is 0.288 e. The van der Waals surface area contributed by atoms with E-state index in [1.165, 1.54) is 5.56 Å². The van der Waals surface area contributed by atoms with Gasteiger partial charge < -0.3 is 9.73 Å². The average molecular weight is 409 g/mol. The summed E-state index contributed by atoms with van der Waals surface area (Å²) in [6.45, 7) is 4.26. The normalized spacial score (nSPS) is 15.3. The van der Waals surface area contributed by atoms with Crippen molar-refractivity contribution in [1.82, 2.24) is 14.7 Å². The van der Waals surface area contributed by atoms with E-state index >= 15 is 0 Å². The highest BCUT2D eigenvalue weighted by Gasteiger charge is 2.25. The lowest BCUT2D eigenvalue weighted by atomic mass is 9.96. The summed E-state index contributed by atoms with van der Waals surface area (Å²) in [4.78, 5) is 15.1. The van der Waals surface area contributed by atoms with Crippen LogP contribution < -0.4 is 5.32 Å². The molecule has 1 aromatic heterocycles. The minimum atomic E-state index is 0.0276. The molecular formula is C22H24N4O2S. The molecule has 1 saturated heterocycles. The van der Waals surface area contributed by atoms with Crippen LogP contribution in [0.25, 0.3) is 11.5 Å². The molecule has 0 atom stereocenters. The van der Waals surface area contributed by atoms with Crippen LogP contribution in [0.5, 0.6) is 0 Å². The minimum absolute atomic E-state index is 0.0276. The van der Waals surface area contributed by atoms with Crippen LogP contribution >= 0.6 is 12.2 Å². The zero-order valence-electron chi connectivity index (χ0n) is 16.4. The number of para-hydroxylation sites is 1. The van der Waals surface area contributed by atoms with Gasteiger partial charge in [-0.05, 0) is 56.2 Å². The molecule has 0 radical (unpaired) electrons. The van der Waals surface area contributed by atoms with Crippen molar-refractivity contribution in [2.45, 2.75) is 26.4 Å². The van der Waals surface area contributed by atoms with Crippen molar-refractivity contribution in [3.05, 3.63) is 65.0 Å². The van der Waals surface area contributed by atoms with Gasteiger partial charge in [-0.15, -0.1) is 5.10 Å². The Morgan fingerprint density at radius 3 is 2.52 bits per heavy atom. The summed E-state index contributed by atoms with van der Waals surface area (Å²) in [7, 11) is 0. The first-order valence-corrected chi connectivity index (χ1v) is 10.2. The quantitative estimate of drug-likeness (QED) is 0.630. The second-order valence-electron chi connectivity index (χ2n) is 7.43. The summed E-state index contributed by atoms with van der Waals surface area (Å²) in [5.74, 6) is 0.655. The van der Waals surface area contributed by atoms with E-state index in [4.69, 9.17) is 16.6 Å². The molecule has 2 aromatic carbocycles. The highest BCUT2D eigenvalue weighted by atomic mass is 32.1. The van der Waals surface area contributed by atoms with Gasteiger partial charge >= 0.3 is 0 Å². The molecule has 0 saturated carbocycles. The highest BCUT2D eigenvalue weighted by molar-refractivity contribution is 7.71. The van der Waals surface area contributed by atoms with Crippen LogP contribution in [-0.4, -0.2) is 33.7 Å². The van der Waals surface area contributed by atoms with E-state index in [1.807, 2.05) is 61.5 Å². The Labute approximate surface area is 175 Å². The molecule has 2 heterocycles. The third kappa shape index (κ3) is 4.81. The number of aromatic nitrogens is 2. The number of aryl methyl sites for hydroxylation is 1. The number of piperidine rings is 1. The molecule has 0 unspecified atom stereocenters. The van der Waals surface area contributed by atoms with Crippen molar-refractivity contribution in [2.75, 3.05) is 18.4 Å². The molecule has 0 bridgehead atoms. The number of rotatable bonds is 5. The molecule has 150 valence electrons. The Morgan fingerprint density at radius 1 is 1.14 bits per heavy atom. The van der Waals surface area contributed by atoms with E-state index in [2.05, 4.69) is 15.3 Å². The van der Waals surface area contributed by atoms with Crippen molar-refractivity contribution in [1.29, 1.82) is 0 Å². The fraction of sp³-hybridized carbons (Fsp3) is 0.318. The fourth-order valence-electron chi connectivity index (χ4n) is 3.50. The predicted octanol–water partition coefficient (Wildman–Crippen LogP) is 4.49. The average Bonchev–Trinajstić information content (AvgIpc) is 3.10. The van der Waals surface area contributed by atoms with Crippen molar-refractivity contribution in [3.63, 3.8) is 0 Å². The summed E-state index contributed by atoms with van der Waals surface area (Å²) in [5, 5.41) is 7.54. The van der Waals surface area contributed by atoms with Gasteiger partial charge in [-0.25, -0.2) is 4.68 Å². The lowest BCUT2D eigenvalue weighted by Crippen LogP contribution is -2.39. The molecule has 6 nitrogen and oxygen atoms in total. The highest BCUT2D eigenvalue weighted by Crippen LogP contribution is 2.22. The smallest absolute Gasteiger partial charge is 0.288 e. The van der Waals surface area contributed by atoms with E-state index < -0.39 is 0 Å². The minimum Gasteiger partial charge on any atom is -0.409 e. The fourth-order valence-corrected chi connectivity index (χ4v) is 3.68. The molecule has 1 N–H and O–H groups in total. The van der Waals surface area contributed by atoms with Crippen LogP contribution in [0.15, 0.2) is 59.0 Å². The van der Waals surface area contributed by atoms with E-state index in [0.717, 1.165) is 37.2 Å². The van der Waals surface area contributed by atoms with Crippen LogP contribution in [0.1, 0.15) is 18.4 Å². The summed E-state index contributed by atoms with van der Waals surface area (Å²) in [6.07, 6.45) is 1.63. The summed E-state index contributed by atoms with van der Waals surface area (Å²) < 4.78 is 7.40. The molecule has 1 aliphatic rings. The van der Waals surface area contributed by atoms with E-state index in [1.54, 1.807) is 4.68 Å². The summed E-state index contributed by atoms with van der Waals surface area (Å²) in [5.41, 5.74) is 2.94. The zero-order valence-corrected chi connectivity index (χ0v) is 17.2. The number of benzene rings is 2. The number of likely N-dealkylation sites (tertiary alicyclic amines) is 1. The van der Waals surface area contributed by atoms with Gasteiger partial charge in [0.15, 0.2) is 0 Å². The molecule has 7 heteroatoms. The third-order valence-electron chi connectivity index (χ3n) is 5.24. The monoisotopic (exact) mass is 408 g/mol. The Morgan fingerprint density at radius 2 is 1.83 bits per heavy atom. The lowest BCUT2D eigenvalue weighted by molar-refractivity contribution is -0.121. The van der Waals surface area contributed by atoms with E-state index in [0.29, 0.717) is 17.4 Å². The van der Waals surface area contributed by atoms with Gasteiger partial charge in [0.25, 0.3) is 4.84 Å². The maximum atomic E-state index is 12.5. The van der Waals surface area contributed by atoms with Crippen LogP contribution in [-0.2, 0) is 11.5 Å². The molecule has 0 aliphatic carbocycles. The molecule has 29 heavy (non-hydrogen) atoms. The van der Waals surface area contributed by atoms with Gasteiger partial charge in [0.05, 0.1) is 6.67 Å². The van der Waals surface area contributed by atoms with Crippen molar-refractivity contribution >= 4 is 23.8 Å². The second kappa shape index (κ2) is 8.71. The van der Waals surface area contributed by atoms with Gasteiger partial charge in [-0.3, -0.25) is 9.69 Å². The van der Waals surface area contributed by atoms with E-state index in [-0.39, 0.29) is 11.8 Å². The Hall–Kier alpha value is -2.77. The van der Waals surface area contributed by atoms with Gasteiger partial charge in [-0.1, -0.05) is 35.9 Å². The molecule has 1 fully saturated rings. The topological polar surface area (TPSA) is 63.3 Å². The Kier molecular flexibility index (Phi) is 5.87. The maximum absolute atomic E-state index is 12.5. The molecule has 1 amide bonds. The molecule has 3 aromatic rings. The number of anilines is 1. The van der Waals surface area contributed by atoms with Crippen LogP contribution in [0.4, 0.5) is 5.69 Å². The molecule has 1 aliphatic heterocycles. The zero-order chi connectivity index (χ0) is 20.2. The lowest BCUT2D eigenvalue weighted by Gasteiger charge is -2.30. The van der Waals surface area contributed by atoms with Gasteiger partial charge in [0.1, 0.15) is 0 Å². The third-order valence-corrected chi connectivity index (χ3v) is 5.53. The van der Waals surface area contributed by atoms with Crippen LogP contribution in [0.2, 0.25) is 0 Å². The largest absolute Gasteiger partial charge is 0.409 e. The first-order valence-electron chi connectivity index (χ1n) is 9.82.